The Morgan fingerprint density at radius 3 is 3.08 bits per heavy atom. The monoisotopic (exact) mass is 176 g/mol. The van der Waals surface area contributed by atoms with E-state index >= 15 is 0 Å². The van der Waals surface area contributed by atoms with Crippen LogP contribution >= 0.6 is 0 Å². The summed E-state index contributed by atoms with van der Waals surface area (Å²) in [7, 11) is 0. The zero-order valence-electron chi connectivity index (χ0n) is 7.81. The number of hydrogen-bond acceptors (Lipinski definition) is 3. The molecule has 68 valence electrons. The molecule has 4 heteroatoms. The fourth-order valence-corrected chi connectivity index (χ4v) is 1.19. The van der Waals surface area contributed by atoms with Gasteiger partial charge >= 0.3 is 0 Å². The maximum atomic E-state index is 4.12. The molecule has 0 fully saturated rings. The van der Waals surface area contributed by atoms with Crippen molar-refractivity contribution in [2.45, 2.75) is 26.2 Å². The van der Waals surface area contributed by atoms with Crippen molar-refractivity contribution in [2.24, 2.45) is 0 Å². The van der Waals surface area contributed by atoms with E-state index in [1.807, 2.05) is 16.8 Å². The van der Waals surface area contributed by atoms with E-state index in [-0.39, 0.29) is 0 Å². The standard InChI is InChI=1S/C9H12N4/c1-3-7(2)8-6-13-5-4-10-9(13)12-11-8/h4-7H,3H2,1-2H3. The lowest BCUT2D eigenvalue weighted by Crippen LogP contribution is -2.01. The van der Waals surface area contributed by atoms with Gasteiger partial charge in [0, 0.05) is 24.5 Å². The molecule has 2 aromatic rings. The van der Waals surface area contributed by atoms with Crippen LogP contribution in [0.2, 0.25) is 0 Å². The summed E-state index contributed by atoms with van der Waals surface area (Å²) in [6.07, 6.45) is 6.68. The SMILES string of the molecule is CCC(C)c1cn2ccnc2nn1. The predicted octanol–water partition coefficient (Wildman–Crippen LogP) is 1.64. The summed E-state index contributed by atoms with van der Waals surface area (Å²) in [6, 6.07) is 0. The Balaban J connectivity index is 2.48. The van der Waals surface area contributed by atoms with Crippen LogP contribution in [-0.4, -0.2) is 19.6 Å². The van der Waals surface area contributed by atoms with Gasteiger partial charge in [0.05, 0.1) is 5.69 Å². The normalized spacial score (nSPS) is 13.4. The Morgan fingerprint density at radius 1 is 1.46 bits per heavy atom. The van der Waals surface area contributed by atoms with E-state index in [9.17, 15) is 0 Å². The van der Waals surface area contributed by atoms with Crippen molar-refractivity contribution < 1.29 is 0 Å². The molecule has 0 bridgehead atoms. The molecular weight excluding hydrogens is 164 g/mol. The number of aromatic nitrogens is 4. The maximum Gasteiger partial charge on any atom is 0.253 e. The molecule has 13 heavy (non-hydrogen) atoms. The lowest BCUT2D eigenvalue weighted by Gasteiger charge is -2.05. The fourth-order valence-electron chi connectivity index (χ4n) is 1.19. The van der Waals surface area contributed by atoms with E-state index in [0.29, 0.717) is 11.7 Å². The Hall–Kier alpha value is -1.45. The van der Waals surface area contributed by atoms with Gasteiger partial charge in [0.25, 0.3) is 5.78 Å². The summed E-state index contributed by atoms with van der Waals surface area (Å²) in [5, 5.41) is 8.13. The summed E-state index contributed by atoms with van der Waals surface area (Å²) in [5.41, 5.74) is 1.02. The van der Waals surface area contributed by atoms with Crippen LogP contribution < -0.4 is 0 Å². The van der Waals surface area contributed by atoms with Gasteiger partial charge < -0.3 is 0 Å². The van der Waals surface area contributed by atoms with Crippen LogP contribution in [0.5, 0.6) is 0 Å². The van der Waals surface area contributed by atoms with Crippen molar-refractivity contribution in [3.63, 3.8) is 0 Å². The van der Waals surface area contributed by atoms with Gasteiger partial charge in [0.15, 0.2) is 0 Å². The molecule has 0 radical (unpaired) electrons. The molecule has 4 nitrogen and oxygen atoms in total. The van der Waals surface area contributed by atoms with E-state index in [4.69, 9.17) is 0 Å². The Kier molecular flexibility index (Phi) is 1.96. The number of nitrogens with zero attached hydrogens (tertiary/aromatic N) is 4. The molecule has 0 amide bonds. The van der Waals surface area contributed by atoms with Crippen molar-refractivity contribution in [3.05, 3.63) is 24.3 Å². The number of hydrogen-bond donors (Lipinski definition) is 0. The molecule has 0 aliphatic heterocycles. The molecular formula is C9H12N4. The van der Waals surface area contributed by atoms with Crippen LogP contribution in [0.3, 0.4) is 0 Å². The number of rotatable bonds is 2. The van der Waals surface area contributed by atoms with E-state index in [1.54, 1.807) is 6.20 Å². The molecule has 0 spiro atoms. The minimum Gasteiger partial charge on any atom is -0.288 e. The molecule has 0 aliphatic rings. The zero-order valence-corrected chi connectivity index (χ0v) is 7.81. The minimum absolute atomic E-state index is 0.458. The van der Waals surface area contributed by atoms with Crippen LogP contribution in [0.25, 0.3) is 5.78 Å². The van der Waals surface area contributed by atoms with Crippen LogP contribution in [0.1, 0.15) is 31.9 Å². The van der Waals surface area contributed by atoms with Crippen LogP contribution in [0.15, 0.2) is 18.6 Å². The summed E-state index contributed by atoms with van der Waals surface area (Å²) >= 11 is 0. The molecule has 1 atom stereocenters. The van der Waals surface area contributed by atoms with Crippen LogP contribution in [0, 0.1) is 0 Å². The van der Waals surface area contributed by atoms with Gasteiger partial charge in [-0.1, -0.05) is 13.8 Å². The highest BCUT2D eigenvalue weighted by Crippen LogP contribution is 2.14. The van der Waals surface area contributed by atoms with E-state index < -0.39 is 0 Å². The number of fused-ring (bicyclic) bond motifs is 1. The molecule has 0 saturated heterocycles. The Morgan fingerprint density at radius 2 is 2.31 bits per heavy atom. The molecule has 2 heterocycles. The van der Waals surface area contributed by atoms with Crippen molar-refractivity contribution in [1.82, 2.24) is 19.6 Å². The second kappa shape index (κ2) is 3.12. The third-order valence-corrected chi connectivity index (χ3v) is 2.29. The lowest BCUT2D eigenvalue weighted by atomic mass is 10.1. The summed E-state index contributed by atoms with van der Waals surface area (Å²) < 4.78 is 1.90. The van der Waals surface area contributed by atoms with Crippen LogP contribution in [-0.2, 0) is 0 Å². The fraction of sp³-hybridized carbons (Fsp3) is 0.444. The lowest BCUT2D eigenvalue weighted by molar-refractivity contribution is 0.681. The third kappa shape index (κ3) is 1.39. The van der Waals surface area contributed by atoms with Crippen molar-refractivity contribution in [1.29, 1.82) is 0 Å². The second-order valence-electron chi connectivity index (χ2n) is 3.20. The summed E-state index contributed by atoms with van der Waals surface area (Å²) in [5.74, 6) is 1.12. The largest absolute Gasteiger partial charge is 0.288 e. The average Bonchev–Trinajstić information content (AvgIpc) is 2.63. The topological polar surface area (TPSA) is 43.1 Å². The van der Waals surface area contributed by atoms with E-state index in [0.717, 1.165) is 12.1 Å². The van der Waals surface area contributed by atoms with Gasteiger partial charge in [-0.25, -0.2) is 4.98 Å². The molecule has 2 rings (SSSR count). The first-order chi connectivity index (χ1) is 6.31. The third-order valence-electron chi connectivity index (χ3n) is 2.29. The quantitative estimate of drug-likeness (QED) is 0.698. The second-order valence-corrected chi connectivity index (χ2v) is 3.20. The first-order valence-electron chi connectivity index (χ1n) is 4.47. The summed E-state index contributed by atoms with van der Waals surface area (Å²) in [4.78, 5) is 4.03. The van der Waals surface area contributed by atoms with E-state index in [1.165, 1.54) is 0 Å². The predicted molar refractivity (Wildman–Crippen MR) is 49.5 cm³/mol. The molecule has 0 aromatic carbocycles. The number of imidazole rings is 1. The van der Waals surface area contributed by atoms with Gasteiger partial charge in [-0.3, -0.25) is 4.40 Å². The Labute approximate surface area is 76.6 Å². The first kappa shape index (κ1) is 8.16. The van der Waals surface area contributed by atoms with Crippen molar-refractivity contribution in [3.8, 4) is 0 Å². The van der Waals surface area contributed by atoms with Crippen molar-refractivity contribution in [2.75, 3.05) is 0 Å². The first-order valence-corrected chi connectivity index (χ1v) is 4.47. The molecule has 1 unspecified atom stereocenters. The van der Waals surface area contributed by atoms with Gasteiger partial charge in [-0.05, 0) is 6.42 Å². The molecule has 0 aliphatic carbocycles. The summed E-state index contributed by atoms with van der Waals surface area (Å²) in [6.45, 7) is 4.29. The highest BCUT2D eigenvalue weighted by molar-refractivity contribution is 5.25. The highest BCUT2D eigenvalue weighted by atomic mass is 15.2. The van der Waals surface area contributed by atoms with Gasteiger partial charge in [-0.2, -0.15) is 5.10 Å². The minimum atomic E-state index is 0.458. The van der Waals surface area contributed by atoms with Gasteiger partial charge in [0.2, 0.25) is 0 Å². The average molecular weight is 176 g/mol. The van der Waals surface area contributed by atoms with Crippen LogP contribution in [0.4, 0.5) is 0 Å². The highest BCUT2D eigenvalue weighted by Gasteiger charge is 2.06. The molecule has 0 saturated carbocycles. The maximum absolute atomic E-state index is 4.12. The van der Waals surface area contributed by atoms with Gasteiger partial charge in [-0.15, -0.1) is 5.10 Å². The van der Waals surface area contributed by atoms with E-state index in [2.05, 4.69) is 29.0 Å². The molecule has 2 aromatic heterocycles. The zero-order chi connectivity index (χ0) is 9.26. The van der Waals surface area contributed by atoms with Gasteiger partial charge in [0.1, 0.15) is 0 Å². The molecule has 0 N–H and O–H groups in total. The Bertz CT molecular complexity index is 407. The smallest absolute Gasteiger partial charge is 0.253 e. The van der Waals surface area contributed by atoms with Crippen molar-refractivity contribution >= 4 is 5.78 Å².